The monoisotopic (exact) mass is 129 g/mol. The van der Waals surface area contributed by atoms with Crippen LogP contribution in [0.3, 0.4) is 0 Å². The molecule has 0 aromatic carbocycles. The van der Waals surface area contributed by atoms with Gasteiger partial charge in [0.05, 0.1) is 6.07 Å². The summed E-state index contributed by atoms with van der Waals surface area (Å²) in [6.07, 6.45) is -0.546. The average molecular weight is 129 g/mol. The van der Waals surface area contributed by atoms with Crippen LogP contribution in [0.5, 0.6) is 0 Å². The van der Waals surface area contributed by atoms with Gasteiger partial charge in [0.15, 0.2) is 0 Å². The van der Waals surface area contributed by atoms with Gasteiger partial charge in [-0.15, -0.1) is 0 Å². The normalized spacial score (nSPS) is 14.0. The summed E-state index contributed by atoms with van der Waals surface area (Å²) in [5.41, 5.74) is 0. The summed E-state index contributed by atoms with van der Waals surface area (Å²) in [5, 5.41) is 7.32. The van der Waals surface area contributed by atoms with Gasteiger partial charge in [0.1, 0.15) is 13.2 Å². The summed E-state index contributed by atoms with van der Waals surface area (Å²) in [7, 11) is 0. The van der Waals surface area contributed by atoms with E-state index in [-0.39, 0.29) is 0 Å². The molecule has 1 aliphatic heterocycles. The van der Waals surface area contributed by atoms with Crippen LogP contribution in [-0.2, 0) is 9.47 Å². The Bertz CT molecular complexity index is 119. The van der Waals surface area contributed by atoms with Gasteiger partial charge in [-0.1, -0.05) is 0 Å². The molecule has 0 radical (unpaired) electrons. The molecule has 9 heavy (non-hydrogen) atoms. The van der Waals surface area contributed by atoms with Crippen molar-refractivity contribution in [3.05, 3.63) is 0 Å². The van der Waals surface area contributed by atoms with Gasteiger partial charge in [-0.05, 0) is 0 Å². The SMILES string of the molecule is CC#N.O=C1OCCO1. The van der Waals surface area contributed by atoms with Crippen LogP contribution in [0, 0.1) is 11.3 Å². The van der Waals surface area contributed by atoms with Crippen molar-refractivity contribution in [2.24, 2.45) is 0 Å². The molecule has 0 atom stereocenters. The van der Waals surface area contributed by atoms with Crippen LogP contribution in [0.2, 0.25) is 0 Å². The van der Waals surface area contributed by atoms with Crippen molar-refractivity contribution in [1.82, 2.24) is 0 Å². The highest BCUT2D eigenvalue weighted by atomic mass is 16.8. The van der Waals surface area contributed by atoms with Crippen LogP contribution in [0.1, 0.15) is 6.92 Å². The van der Waals surface area contributed by atoms with Crippen LogP contribution >= 0.6 is 0 Å². The lowest BCUT2D eigenvalue weighted by Gasteiger charge is -1.78. The van der Waals surface area contributed by atoms with Gasteiger partial charge in [0.2, 0.25) is 0 Å². The number of rotatable bonds is 0. The highest BCUT2D eigenvalue weighted by molar-refractivity contribution is 5.61. The molecule has 0 bridgehead atoms. The largest absolute Gasteiger partial charge is 0.508 e. The third kappa shape index (κ3) is 4.62. The Balaban J connectivity index is 0.000000187. The smallest absolute Gasteiger partial charge is 0.431 e. The zero-order valence-electron chi connectivity index (χ0n) is 5.09. The van der Waals surface area contributed by atoms with Gasteiger partial charge >= 0.3 is 6.16 Å². The van der Waals surface area contributed by atoms with Crippen molar-refractivity contribution in [3.63, 3.8) is 0 Å². The van der Waals surface area contributed by atoms with Crippen molar-refractivity contribution in [2.45, 2.75) is 6.92 Å². The first-order chi connectivity index (χ1) is 4.31. The van der Waals surface area contributed by atoms with Gasteiger partial charge in [-0.25, -0.2) is 4.79 Å². The summed E-state index contributed by atoms with van der Waals surface area (Å²) in [4.78, 5) is 9.80. The standard InChI is InChI=1S/C3H4O3.C2H3N/c4-3-5-1-2-6-3;1-2-3/h1-2H2;1H3. The predicted octanol–water partition coefficient (Wildman–Crippen LogP) is 0.683. The first kappa shape index (κ1) is 7.76. The Morgan fingerprint density at radius 3 is 2.00 bits per heavy atom. The fourth-order valence-corrected chi connectivity index (χ4v) is 0.292. The van der Waals surface area contributed by atoms with E-state index in [2.05, 4.69) is 9.47 Å². The molecular formula is C5H7NO3. The molecule has 0 aromatic rings. The maximum atomic E-state index is 9.80. The molecule has 1 rings (SSSR count). The van der Waals surface area contributed by atoms with Crippen molar-refractivity contribution >= 4 is 6.16 Å². The van der Waals surface area contributed by atoms with E-state index in [1.54, 1.807) is 6.07 Å². The predicted molar refractivity (Wildman–Crippen MR) is 28.6 cm³/mol. The summed E-state index contributed by atoms with van der Waals surface area (Å²) in [5.74, 6) is 0. The minimum absolute atomic E-state index is 0.416. The molecule has 0 saturated carbocycles. The van der Waals surface area contributed by atoms with Crippen molar-refractivity contribution in [3.8, 4) is 6.07 Å². The van der Waals surface area contributed by atoms with Crippen molar-refractivity contribution in [1.29, 1.82) is 5.26 Å². The Labute approximate surface area is 53.0 Å². The summed E-state index contributed by atoms with van der Waals surface area (Å²) in [6.45, 7) is 2.26. The molecule has 0 N–H and O–H groups in total. The molecular weight excluding hydrogens is 122 g/mol. The third-order valence-electron chi connectivity index (χ3n) is 0.523. The van der Waals surface area contributed by atoms with E-state index in [1.807, 2.05) is 0 Å². The highest BCUT2D eigenvalue weighted by Gasteiger charge is 2.09. The molecule has 1 saturated heterocycles. The highest BCUT2D eigenvalue weighted by Crippen LogP contribution is 1.92. The van der Waals surface area contributed by atoms with Crippen LogP contribution in [0.25, 0.3) is 0 Å². The summed E-state index contributed by atoms with van der Waals surface area (Å²) in [6, 6.07) is 1.75. The fraction of sp³-hybridized carbons (Fsp3) is 0.600. The second-order valence-corrected chi connectivity index (χ2v) is 1.17. The van der Waals surface area contributed by atoms with Gasteiger partial charge in [-0.2, -0.15) is 5.26 Å². The lowest BCUT2D eigenvalue weighted by molar-refractivity contribution is 0.131. The molecule has 0 aromatic heterocycles. The molecule has 0 amide bonds. The topological polar surface area (TPSA) is 59.3 Å². The molecule has 0 spiro atoms. The Morgan fingerprint density at radius 1 is 1.56 bits per heavy atom. The quantitative estimate of drug-likeness (QED) is 0.451. The second kappa shape index (κ2) is 4.91. The lowest BCUT2D eigenvalue weighted by Crippen LogP contribution is -1.88. The van der Waals surface area contributed by atoms with Crippen LogP contribution in [0.15, 0.2) is 0 Å². The summed E-state index contributed by atoms with van der Waals surface area (Å²) < 4.78 is 8.58. The second-order valence-electron chi connectivity index (χ2n) is 1.17. The summed E-state index contributed by atoms with van der Waals surface area (Å²) >= 11 is 0. The van der Waals surface area contributed by atoms with E-state index in [0.717, 1.165) is 0 Å². The third-order valence-corrected chi connectivity index (χ3v) is 0.523. The molecule has 1 aliphatic rings. The molecule has 0 unspecified atom stereocenters. The fourth-order valence-electron chi connectivity index (χ4n) is 0.292. The lowest BCUT2D eigenvalue weighted by atomic mass is 10.8. The number of nitriles is 1. The maximum Gasteiger partial charge on any atom is 0.508 e. The molecule has 0 aliphatic carbocycles. The van der Waals surface area contributed by atoms with Gasteiger partial charge in [-0.3, -0.25) is 0 Å². The number of nitrogens with zero attached hydrogens (tertiary/aromatic N) is 1. The van der Waals surface area contributed by atoms with Crippen molar-refractivity contribution in [2.75, 3.05) is 13.2 Å². The van der Waals surface area contributed by atoms with Gasteiger partial charge in [0.25, 0.3) is 0 Å². The number of carbonyl (C=O) groups excluding carboxylic acids is 1. The van der Waals surface area contributed by atoms with E-state index in [0.29, 0.717) is 13.2 Å². The van der Waals surface area contributed by atoms with Crippen molar-refractivity contribution < 1.29 is 14.3 Å². The first-order valence-electron chi connectivity index (χ1n) is 2.41. The van der Waals surface area contributed by atoms with Gasteiger partial charge < -0.3 is 9.47 Å². The maximum absolute atomic E-state index is 9.80. The first-order valence-corrected chi connectivity index (χ1v) is 2.41. The Hall–Kier alpha value is -1.24. The number of carbonyl (C=O) groups is 1. The number of hydrogen-bond donors (Lipinski definition) is 0. The van der Waals surface area contributed by atoms with E-state index < -0.39 is 6.16 Å². The number of hydrogen-bond acceptors (Lipinski definition) is 4. The zero-order chi connectivity index (χ0) is 7.11. The molecule has 1 heterocycles. The van der Waals surface area contributed by atoms with Gasteiger partial charge in [0, 0.05) is 6.92 Å². The number of ether oxygens (including phenoxy) is 2. The minimum atomic E-state index is -0.546. The van der Waals surface area contributed by atoms with E-state index >= 15 is 0 Å². The Kier molecular flexibility index (Phi) is 4.23. The number of cyclic esters (lactones) is 2. The minimum Gasteiger partial charge on any atom is -0.431 e. The molecule has 50 valence electrons. The average Bonchev–Trinajstić information content (AvgIpc) is 2.20. The van der Waals surface area contributed by atoms with Crippen LogP contribution in [0.4, 0.5) is 4.79 Å². The molecule has 4 nitrogen and oxygen atoms in total. The zero-order valence-corrected chi connectivity index (χ0v) is 5.09. The molecule has 1 fully saturated rings. The van der Waals surface area contributed by atoms with Crippen LogP contribution < -0.4 is 0 Å². The Morgan fingerprint density at radius 2 is 1.89 bits per heavy atom. The van der Waals surface area contributed by atoms with E-state index in [9.17, 15) is 4.79 Å². The van der Waals surface area contributed by atoms with E-state index in [4.69, 9.17) is 5.26 Å². The molecule has 4 heteroatoms. The van der Waals surface area contributed by atoms with Crippen LogP contribution in [-0.4, -0.2) is 19.4 Å². The van der Waals surface area contributed by atoms with E-state index in [1.165, 1.54) is 6.92 Å².